The van der Waals surface area contributed by atoms with Crippen molar-refractivity contribution in [3.63, 3.8) is 0 Å². The van der Waals surface area contributed by atoms with Gasteiger partial charge >= 0.3 is 6.03 Å². The van der Waals surface area contributed by atoms with Gasteiger partial charge < -0.3 is 10.3 Å². The highest BCUT2D eigenvalue weighted by Crippen LogP contribution is 2.18. The zero-order chi connectivity index (χ0) is 12.4. The van der Waals surface area contributed by atoms with Gasteiger partial charge in [0.2, 0.25) is 5.91 Å². The molecule has 0 unspecified atom stereocenters. The normalized spacial score (nSPS) is 10.4. The first-order valence-electron chi connectivity index (χ1n) is 5.22. The fourth-order valence-corrected chi connectivity index (χ4v) is 1.88. The van der Waals surface area contributed by atoms with Gasteiger partial charge in [-0.3, -0.25) is 10.1 Å². The number of aromatic nitrogens is 1. The van der Waals surface area contributed by atoms with Gasteiger partial charge in [0, 0.05) is 11.2 Å². The second-order valence-electron chi connectivity index (χ2n) is 3.84. The maximum absolute atomic E-state index is 11.5. The molecule has 0 saturated carbocycles. The highest BCUT2D eigenvalue weighted by molar-refractivity contribution is 5.94. The minimum absolute atomic E-state index is 0.0856. The van der Waals surface area contributed by atoms with Crippen LogP contribution in [0.5, 0.6) is 0 Å². The molecule has 1 aromatic heterocycles. The number of primary amides is 1. The number of imide groups is 1. The van der Waals surface area contributed by atoms with Gasteiger partial charge in [0.1, 0.15) is 6.54 Å². The summed E-state index contributed by atoms with van der Waals surface area (Å²) in [5.41, 5.74) is 6.82. The highest BCUT2D eigenvalue weighted by Gasteiger charge is 2.10. The van der Waals surface area contributed by atoms with E-state index < -0.39 is 11.9 Å². The number of fused-ring (bicyclic) bond motifs is 1. The van der Waals surface area contributed by atoms with Crippen LogP contribution in [0.15, 0.2) is 30.3 Å². The quantitative estimate of drug-likeness (QED) is 0.813. The summed E-state index contributed by atoms with van der Waals surface area (Å²) in [4.78, 5) is 22.1. The van der Waals surface area contributed by atoms with Crippen molar-refractivity contribution in [3.8, 4) is 0 Å². The Balaban J connectivity index is 2.32. The third-order valence-corrected chi connectivity index (χ3v) is 2.58. The average Bonchev–Trinajstić information content (AvgIpc) is 2.55. The van der Waals surface area contributed by atoms with Crippen LogP contribution in [0.1, 0.15) is 5.69 Å². The fourth-order valence-electron chi connectivity index (χ4n) is 1.88. The summed E-state index contributed by atoms with van der Waals surface area (Å²) in [6, 6.07) is 8.92. The van der Waals surface area contributed by atoms with Crippen LogP contribution >= 0.6 is 0 Å². The summed E-state index contributed by atoms with van der Waals surface area (Å²) in [6.07, 6.45) is 0. The van der Waals surface area contributed by atoms with Crippen molar-refractivity contribution in [1.82, 2.24) is 9.88 Å². The molecule has 1 aromatic carbocycles. The fraction of sp³-hybridized carbons (Fsp3) is 0.167. The van der Waals surface area contributed by atoms with E-state index in [-0.39, 0.29) is 6.54 Å². The predicted octanol–water partition coefficient (Wildman–Crippen LogP) is 1.14. The monoisotopic (exact) mass is 231 g/mol. The molecule has 3 N–H and O–H groups in total. The number of carbonyl (C=O) groups is 2. The van der Waals surface area contributed by atoms with Crippen LogP contribution < -0.4 is 11.1 Å². The minimum Gasteiger partial charge on any atom is -0.351 e. The number of carbonyl (C=O) groups excluding carboxylic acids is 2. The molecule has 0 spiro atoms. The van der Waals surface area contributed by atoms with Crippen molar-refractivity contribution < 1.29 is 9.59 Å². The molecular weight excluding hydrogens is 218 g/mol. The first-order valence-corrected chi connectivity index (χ1v) is 5.22. The van der Waals surface area contributed by atoms with Gasteiger partial charge in [0.05, 0.1) is 0 Å². The van der Waals surface area contributed by atoms with Crippen molar-refractivity contribution in [2.45, 2.75) is 13.5 Å². The summed E-state index contributed by atoms with van der Waals surface area (Å²) < 4.78 is 1.84. The Kier molecular flexibility index (Phi) is 2.82. The third kappa shape index (κ3) is 2.28. The van der Waals surface area contributed by atoms with Crippen LogP contribution in [0.2, 0.25) is 0 Å². The Morgan fingerprint density at radius 2 is 2.06 bits per heavy atom. The average molecular weight is 231 g/mol. The number of para-hydroxylation sites is 1. The summed E-state index contributed by atoms with van der Waals surface area (Å²) in [6.45, 7) is 2.00. The molecule has 1 heterocycles. The zero-order valence-corrected chi connectivity index (χ0v) is 9.43. The molecule has 3 amide bonds. The Morgan fingerprint density at radius 1 is 1.35 bits per heavy atom. The van der Waals surface area contributed by atoms with E-state index in [9.17, 15) is 9.59 Å². The molecule has 5 nitrogen and oxygen atoms in total. The lowest BCUT2D eigenvalue weighted by Crippen LogP contribution is -2.37. The summed E-state index contributed by atoms with van der Waals surface area (Å²) in [5, 5.41) is 3.12. The lowest BCUT2D eigenvalue weighted by atomic mass is 10.2. The van der Waals surface area contributed by atoms with Crippen LogP contribution in [-0.4, -0.2) is 16.5 Å². The topological polar surface area (TPSA) is 77.1 Å². The Morgan fingerprint density at radius 3 is 2.76 bits per heavy atom. The van der Waals surface area contributed by atoms with E-state index in [4.69, 9.17) is 5.73 Å². The Labute approximate surface area is 98.2 Å². The lowest BCUT2D eigenvalue weighted by molar-refractivity contribution is -0.120. The van der Waals surface area contributed by atoms with E-state index in [0.29, 0.717) is 0 Å². The second-order valence-corrected chi connectivity index (χ2v) is 3.84. The van der Waals surface area contributed by atoms with Crippen LogP contribution in [0.25, 0.3) is 10.9 Å². The number of nitrogens with one attached hydrogen (secondary N) is 1. The van der Waals surface area contributed by atoms with Crippen LogP contribution in [0.4, 0.5) is 4.79 Å². The van der Waals surface area contributed by atoms with Gasteiger partial charge in [0.25, 0.3) is 0 Å². The van der Waals surface area contributed by atoms with Gasteiger partial charge in [-0.25, -0.2) is 4.79 Å². The Hall–Kier alpha value is -2.30. The van der Waals surface area contributed by atoms with E-state index in [1.54, 1.807) is 0 Å². The van der Waals surface area contributed by atoms with Crippen molar-refractivity contribution in [2.24, 2.45) is 5.73 Å². The predicted molar refractivity (Wildman–Crippen MR) is 64.4 cm³/mol. The maximum Gasteiger partial charge on any atom is 0.318 e. The highest BCUT2D eigenvalue weighted by atomic mass is 16.2. The van der Waals surface area contributed by atoms with Crippen LogP contribution in [0, 0.1) is 6.92 Å². The summed E-state index contributed by atoms with van der Waals surface area (Å²) in [7, 11) is 0. The first-order chi connectivity index (χ1) is 8.08. The standard InChI is InChI=1S/C12H13N3O2/c1-8-6-9-4-2-3-5-10(9)15(8)7-11(16)14-12(13)17/h2-6H,7H2,1H3,(H3,13,14,16,17). The molecule has 0 bridgehead atoms. The number of benzene rings is 1. The van der Waals surface area contributed by atoms with Crippen molar-refractivity contribution in [1.29, 1.82) is 0 Å². The number of nitrogens with zero attached hydrogens (tertiary/aromatic N) is 1. The van der Waals surface area contributed by atoms with E-state index in [0.717, 1.165) is 16.6 Å². The van der Waals surface area contributed by atoms with E-state index in [2.05, 4.69) is 5.32 Å². The smallest absolute Gasteiger partial charge is 0.318 e. The number of amides is 3. The molecule has 0 saturated heterocycles. The molecule has 0 aliphatic heterocycles. The van der Waals surface area contributed by atoms with Gasteiger partial charge in [-0.15, -0.1) is 0 Å². The minimum atomic E-state index is -0.830. The SMILES string of the molecule is Cc1cc2ccccc2n1CC(=O)NC(N)=O. The van der Waals surface area contributed by atoms with Gasteiger partial charge in [-0.1, -0.05) is 18.2 Å². The molecule has 5 heteroatoms. The van der Waals surface area contributed by atoms with Gasteiger partial charge in [-0.2, -0.15) is 0 Å². The number of rotatable bonds is 2. The number of hydrogen-bond donors (Lipinski definition) is 2. The molecule has 0 atom stereocenters. The van der Waals surface area contributed by atoms with Crippen molar-refractivity contribution >= 4 is 22.8 Å². The summed E-state index contributed by atoms with van der Waals surface area (Å²) in [5.74, 6) is -0.415. The van der Waals surface area contributed by atoms with Gasteiger partial charge in [-0.05, 0) is 24.4 Å². The molecule has 0 radical (unpaired) electrons. The second kappa shape index (κ2) is 4.29. The van der Waals surface area contributed by atoms with E-state index >= 15 is 0 Å². The number of hydrogen-bond acceptors (Lipinski definition) is 2. The van der Waals surface area contributed by atoms with E-state index in [1.807, 2.05) is 41.8 Å². The Bertz CT molecular complexity index is 586. The molecule has 88 valence electrons. The molecule has 2 rings (SSSR count). The van der Waals surface area contributed by atoms with E-state index in [1.165, 1.54) is 0 Å². The molecule has 0 aliphatic carbocycles. The van der Waals surface area contributed by atoms with Gasteiger partial charge in [0.15, 0.2) is 0 Å². The van der Waals surface area contributed by atoms with Crippen LogP contribution in [0.3, 0.4) is 0 Å². The van der Waals surface area contributed by atoms with Crippen molar-refractivity contribution in [3.05, 3.63) is 36.0 Å². The maximum atomic E-state index is 11.5. The number of aryl methyl sites for hydroxylation is 1. The molecule has 0 aliphatic rings. The number of nitrogens with two attached hydrogens (primary N) is 1. The molecular formula is C12H13N3O2. The van der Waals surface area contributed by atoms with Crippen molar-refractivity contribution in [2.75, 3.05) is 0 Å². The lowest BCUT2D eigenvalue weighted by Gasteiger charge is -2.07. The number of urea groups is 1. The molecule has 0 fully saturated rings. The zero-order valence-electron chi connectivity index (χ0n) is 9.43. The van der Waals surface area contributed by atoms with Crippen LogP contribution in [-0.2, 0) is 11.3 Å². The molecule has 2 aromatic rings. The largest absolute Gasteiger partial charge is 0.351 e. The summed E-state index contributed by atoms with van der Waals surface area (Å²) >= 11 is 0. The molecule has 17 heavy (non-hydrogen) atoms. The third-order valence-electron chi connectivity index (χ3n) is 2.58. The first kappa shape index (κ1) is 11.2.